The van der Waals surface area contributed by atoms with Crippen LogP contribution in [0.2, 0.25) is 5.02 Å². The first-order valence-electron chi connectivity index (χ1n) is 8.50. The van der Waals surface area contributed by atoms with Gasteiger partial charge in [-0.05, 0) is 43.0 Å². The number of carbonyl (C=O) groups is 2. The Balaban J connectivity index is 1.62. The highest BCUT2D eigenvalue weighted by Gasteiger charge is 2.25. The van der Waals surface area contributed by atoms with Gasteiger partial charge < -0.3 is 4.74 Å². The number of ketones is 1. The fourth-order valence-electron chi connectivity index (χ4n) is 3.39. The summed E-state index contributed by atoms with van der Waals surface area (Å²) in [6, 6.07) is 14.1. The van der Waals surface area contributed by atoms with Gasteiger partial charge in [-0.2, -0.15) is 0 Å². The molecule has 130 valence electrons. The molecule has 4 rings (SSSR count). The molecule has 0 radical (unpaired) electrons. The number of aromatic nitrogens is 1. The number of ether oxygens (including phenoxy) is 1. The first kappa shape index (κ1) is 16.7. The molecule has 2 aromatic carbocycles. The number of pyridine rings is 1. The topological polar surface area (TPSA) is 56.3 Å². The molecule has 26 heavy (non-hydrogen) atoms. The molecule has 5 heteroatoms. The summed E-state index contributed by atoms with van der Waals surface area (Å²) in [5.41, 5.74) is 3.65. The molecule has 1 heterocycles. The van der Waals surface area contributed by atoms with Gasteiger partial charge in [-0.15, -0.1) is 0 Å². The summed E-state index contributed by atoms with van der Waals surface area (Å²) in [4.78, 5) is 29.7. The molecule has 1 aromatic heterocycles. The highest BCUT2D eigenvalue weighted by atomic mass is 35.5. The molecule has 0 saturated carbocycles. The van der Waals surface area contributed by atoms with Gasteiger partial charge in [-0.25, -0.2) is 4.79 Å². The molecule has 4 nitrogen and oxygen atoms in total. The van der Waals surface area contributed by atoms with Gasteiger partial charge >= 0.3 is 5.97 Å². The van der Waals surface area contributed by atoms with E-state index in [0.29, 0.717) is 16.1 Å². The number of halogens is 1. The molecule has 0 fully saturated rings. The maximum absolute atomic E-state index is 12.8. The maximum atomic E-state index is 12.8. The first-order valence-corrected chi connectivity index (χ1v) is 8.87. The summed E-state index contributed by atoms with van der Waals surface area (Å²) in [6.07, 6.45) is 2.64. The van der Waals surface area contributed by atoms with E-state index in [9.17, 15) is 9.59 Å². The maximum Gasteiger partial charge on any atom is 0.339 e. The van der Waals surface area contributed by atoms with E-state index in [1.807, 2.05) is 24.3 Å². The second-order valence-electron chi connectivity index (χ2n) is 6.29. The van der Waals surface area contributed by atoms with Gasteiger partial charge in [0.25, 0.3) is 0 Å². The van der Waals surface area contributed by atoms with Crippen LogP contribution in [0.4, 0.5) is 0 Å². The summed E-state index contributed by atoms with van der Waals surface area (Å²) in [5, 5.41) is 1.24. The summed E-state index contributed by atoms with van der Waals surface area (Å²) >= 11 is 5.91. The van der Waals surface area contributed by atoms with Crippen LogP contribution in [-0.4, -0.2) is 23.3 Å². The Bertz CT molecular complexity index is 1030. The standard InChI is InChI=1S/C21H16ClNO3/c22-14-6-3-5-13(11-14)19(24)12-26-21(25)20-15-7-1-2-9-17(15)23-18-10-4-8-16(18)20/h1-3,5-7,9,11H,4,8,10,12H2. The highest BCUT2D eigenvalue weighted by molar-refractivity contribution is 6.31. The number of Topliss-reactive ketones (excluding diaryl/α,β-unsaturated/α-hetero) is 1. The number of fused-ring (bicyclic) bond motifs is 2. The number of carbonyl (C=O) groups excluding carboxylic acids is 2. The first-order chi connectivity index (χ1) is 12.6. The normalized spacial score (nSPS) is 12.8. The van der Waals surface area contributed by atoms with Crippen molar-refractivity contribution in [1.29, 1.82) is 0 Å². The van der Waals surface area contributed by atoms with E-state index in [-0.39, 0.29) is 12.4 Å². The number of benzene rings is 2. The fraction of sp³-hybridized carbons (Fsp3) is 0.190. The van der Waals surface area contributed by atoms with Crippen molar-refractivity contribution in [2.24, 2.45) is 0 Å². The number of para-hydroxylation sites is 1. The second kappa shape index (κ2) is 6.89. The van der Waals surface area contributed by atoms with Crippen LogP contribution in [0, 0.1) is 0 Å². The average Bonchev–Trinajstić information content (AvgIpc) is 3.11. The number of aryl methyl sites for hydroxylation is 1. The molecule has 0 unspecified atom stereocenters. The smallest absolute Gasteiger partial charge is 0.339 e. The third-order valence-corrected chi connectivity index (χ3v) is 4.84. The molecule has 1 aliphatic rings. The van der Waals surface area contributed by atoms with Crippen molar-refractivity contribution >= 4 is 34.3 Å². The SMILES string of the molecule is O=C(COC(=O)c1c2c(nc3ccccc13)CCC2)c1cccc(Cl)c1. The van der Waals surface area contributed by atoms with Crippen LogP contribution in [0.5, 0.6) is 0 Å². The number of hydrogen-bond acceptors (Lipinski definition) is 4. The predicted octanol–water partition coefficient (Wildman–Crippen LogP) is 4.42. The Morgan fingerprint density at radius 3 is 2.77 bits per heavy atom. The number of rotatable bonds is 4. The van der Waals surface area contributed by atoms with Crippen molar-refractivity contribution in [3.05, 3.63) is 75.9 Å². The lowest BCUT2D eigenvalue weighted by Gasteiger charge is -2.12. The summed E-state index contributed by atoms with van der Waals surface area (Å²) in [5.74, 6) is -0.756. The van der Waals surface area contributed by atoms with Gasteiger partial charge in [0.1, 0.15) is 0 Å². The third kappa shape index (κ3) is 3.08. The molecule has 0 aliphatic heterocycles. The zero-order valence-electron chi connectivity index (χ0n) is 14.0. The van der Waals surface area contributed by atoms with E-state index in [4.69, 9.17) is 16.3 Å². The van der Waals surface area contributed by atoms with Crippen molar-refractivity contribution in [3.8, 4) is 0 Å². The van der Waals surface area contributed by atoms with E-state index in [2.05, 4.69) is 4.98 Å². The van der Waals surface area contributed by atoms with Crippen molar-refractivity contribution in [1.82, 2.24) is 4.98 Å². The van der Waals surface area contributed by atoms with Crippen LogP contribution in [-0.2, 0) is 17.6 Å². The van der Waals surface area contributed by atoms with Gasteiger partial charge in [-0.1, -0.05) is 41.9 Å². The van der Waals surface area contributed by atoms with Gasteiger partial charge in [0, 0.05) is 21.7 Å². The van der Waals surface area contributed by atoms with Gasteiger partial charge in [-0.3, -0.25) is 9.78 Å². The molecule has 1 aliphatic carbocycles. The van der Waals surface area contributed by atoms with Crippen molar-refractivity contribution < 1.29 is 14.3 Å². The lowest BCUT2D eigenvalue weighted by atomic mass is 10.0. The van der Waals surface area contributed by atoms with Crippen LogP contribution in [0.3, 0.4) is 0 Å². The summed E-state index contributed by atoms with van der Waals surface area (Å²) in [6.45, 7) is -0.315. The van der Waals surface area contributed by atoms with Crippen molar-refractivity contribution in [2.45, 2.75) is 19.3 Å². The van der Waals surface area contributed by atoms with Crippen LogP contribution >= 0.6 is 11.6 Å². The monoisotopic (exact) mass is 365 g/mol. The molecule has 0 N–H and O–H groups in total. The molecule has 0 atom stereocenters. The Morgan fingerprint density at radius 2 is 1.92 bits per heavy atom. The second-order valence-corrected chi connectivity index (χ2v) is 6.73. The fourth-order valence-corrected chi connectivity index (χ4v) is 3.58. The molecule has 3 aromatic rings. The zero-order chi connectivity index (χ0) is 18.1. The van der Waals surface area contributed by atoms with Gasteiger partial charge in [0.15, 0.2) is 12.4 Å². The molecule has 0 spiro atoms. The molecule has 0 amide bonds. The van der Waals surface area contributed by atoms with E-state index in [1.165, 1.54) is 0 Å². The van der Waals surface area contributed by atoms with E-state index in [1.54, 1.807) is 24.3 Å². The van der Waals surface area contributed by atoms with E-state index in [0.717, 1.165) is 41.4 Å². The minimum absolute atomic E-state index is 0.282. The zero-order valence-corrected chi connectivity index (χ0v) is 14.8. The van der Waals surface area contributed by atoms with Gasteiger partial charge in [0.2, 0.25) is 0 Å². The highest BCUT2D eigenvalue weighted by Crippen LogP contribution is 2.30. The Hall–Kier alpha value is -2.72. The minimum atomic E-state index is -0.475. The van der Waals surface area contributed by atoms with Crippen LogP contribution in [0.25, 0.3) is 10.9 Å². The quantitative estimate of drug-likeness (QED) is 0.507. The molecular weight excluding hydrogens is 350 g/mol. The average molecular weight is 366 g/mol. The third-order valence-electron chi connectivity index (χ3n) is 4.60. The largest absolute Gasteiger partial charge is 0.454 e. The Kier molecular flexibility index (Phi) is 4.43. The minimum Gasteiger partial charge on any atom is -0.454 e. The summed E-state index contributed by atoms with van der Waals surface area (Å²) in [7, 11) is 0. The lowest BCUT2D eigenvalue weighted by molar-refractivity contribution is 0.0475. The predicted molar refractivity (Wildman–Crippen MR) is 99.8 cm³/mol. The molecule has 0 bridgehead atoms. The molecular formula is C21H16ClNO3. The summed E-state index contributed by atoms with van der Waals surface area (Å²) < 4.78 is 5.36. The van der Waals surface area contributed by atoms with Crippen molar-refractivity contribution in [3.63, 3.8) is 0 Å². The van der Waals surface area contributed by atoms with Crippen LogP contribution in [0.1, 0.15) is 38.4 Å². The van der Waals surface area contributed by atoms with E-state index < -0.39 is 5.97 Å². The molecule has 0 saturated heterocycles. The number of hydrogen-bond donors (Lipinski definition) is 0. The Morgan fingerprint density at radius 1 is 1.08 bits per heavy atom. The van der Waals surface area contributed by atoms with Gasteiger partial charge in [0.05, 0.1) is 11.1 Å². The lowest BCUT2D eigenvalue weighted by Crippen LogP contribution is -2.16. The van der Waals surface area contributed by atoms with E-state index >= 15 is 0 Å². The number of esters is 1. The van der Waals surface area contributed by atoms with Crippen LogP contribution < -0.4 is 0 Å². The Labute approximate surface area is 155 Å². The van der Waals surface area contributed by atoms with Crippen molar-refractivity contribution in [2.75, 3.05) is 6.61 Å². The van der Waals surface area contributed by atoms with Crippen LogP contribution in [0.15, 0.2) is 48.5 Å². The number of nitrogens with zero attached hydrogens (tertiary/aromatic N) is 1.